The Balaban J connectivity index is 1.44. The molecule has 2 aromatic heterocycles. The molecule has 16 heteroatoms. The number of β-lactam (4-membered cyclic amide) rings is 1. The van der Waals surface area contributed by atoms with Crippen LogP contribution in [0.5, 0.6) is 0 Å². The maximum Gasteiger partial charge on any atom is 0.379 e. The van der Waals surface area contributed by atoms with Crippen molar-refractivity contribution in [3.63, 3.8) is 0 Å². The fourth-order valence-corrected chi connectivity index (χ4v) is 6.36. The smallest absolute Gasteiger partial charge is 0.379 e. The third kappa shape index (κ3) is 6.56. The van der Waals surface area contributed by atoms with E-state index in [-0.39, 0.29) is 33.5 Å². The Bertz CT molecular complexity index is 1250. The highest BCUT2D eigenvalue weighted by Gasteiger charge is 2.46. The van der Waals surface area contributed by atoms with Gasteiger partial charge < -0.3 is 20.1 Å². The molecule has 4 rings (SSSR count). The van der Waals surface area contributed by atoms with Crippen LogP contribution >= 0.6 is 34.9 Å². The fraction of sp³-hybridized carbons (Fsp3) is 0.364. The minimum Gasteiger partial charge on any atom is -0.398 e. The number of pyridine rings is 1. The van der Waals surface area contributed by atoms with Crippen LogP contribution in [-0.2, 0) is 28.8 Å². The van der Waals surface area contributed by atoms with Gasteiger partial charge in [-0.15, -0.1) is 34.9 Å². The largest absolute Gasteiger partial charge is 0.398 e. The molecule has 202 valence electrons. The number of nitrogens with one attached hydrogen (secondary N) is 2. The highest BCUT2D eigenvalue weighted by atomic mass is 32.2. The average Bonchev–Trinajstić information content (AvgIpc) is 3.34. The summed E-state index contributed by atoms with van der Waals surface area (Å²) in [4.78, 5) is 54.4. The maximum absolute atomic E-state index is 13.1. The summed E-state index contributed by atoms with van der Waals surface area (Å²) in [5.74, 6) is -0.854. The molecule has 0 saturated carbocycles. The van der Waals surface area contributed by atoms with Gasteiger partial charge in [-0.1, -0.05) is 9.83 Å². The number of rotatable bonds is 11. The first-order chi connectivity index (χ1) is 18.4. The number of ether oxygens (including phenoxy) is 1. The molecular formula is C22H26N7O6S3+. The van der Waals surface area contributed by atoms with Crippen LogP contribution in [0.3, 0.4) is 0 Å². The van der Waals surface area contributed by atoms with Crippen molar-refractivity contribution in [2.75, 3.05) is 50.0 Å². The highest BCUT2D eigenvalue weighted by Crippen LogP contribution is 2.41. The summed E-state index contributed by atoms with van der Waals surface area (Å²) in [5, 5.41) is 5.28. The van der Waals surface area contributed by atoms with E-state index in [9.17, 15) is 14.4 Å². The number of nitrogen functional groups attached to an aromatic ring is 1. The molecule has 2 aliphatic rings. The van der Waals surface area contributed by atoms with E-state index in [0.717, 1.165) is 21.8 Å². The van der Waals surface area contributed by atoms with Crippen LogP contribution in [-0.4, -0.2) is 77.6 Å². The van der Waals surface area contributed by atoms with Gasteiger partial charge in [-0.05, 0) is 5.57 Å². The number of amides is 2. The number of methoxy groups -OCH3 is 1. The summed E-state index contributed by atoms with van der Waals surface area (Å²) in [6, 6.07) is 3.89. The number of hydrogen-bond acceptors (Lipinski definition) is 13. The molecule has 13 nitrogen and oxygen atoms in total. The number of carbonyl (C=O) groups excluding carboxylic acids is 3. The van der Waals surface area contributed by atoms with E-state index in [1.165, 1.54) is 29.2 Å². The molecule has 0 aromatic carbocycles. The number of oxime groups is 1. The van der Waals surface area contributed by atoms with Crippen molar-refractivity contribution < 1.29 is 33.5 Å². The van der Waals surface area contributed by atoms with Gasteiger partial charge >= 0.3 is 11.9 Å². The van der Waals surface area contributed by atoms with Crippen LogP contribution in [0.2, 0.25) is 0 Å². The van der Waals surface area contributed by atoms with Gasteiger partial charge in [-0.2, -0.15) is 10.9 Å². The van der Waals surface area contributed by atoms with Crippen LogP contribution in [0.15, 0.2) is 51.2 Å². The quantitative estimate of drug-likeness (QED) is 0.0847. The summed E-state index contributed by atoms with van der Waals surface area (Å²) in [6.07, 6.45) is 4.12. The zero-order valence-corrected chi connectivity index (χ0v) is 23.0. The van der Waals surface area contributed by atoms with Gasteiger partial charge in [-0.25, -0.2) is 9.78 Å². The lowest BCUT2D eigenvalue weighted by Gasteiger charge is -2.44. The number of thioether (sulfide) groups is 2. The number of nitrogens with two attached hydrogens (primary N) is 1. The number of hydroxylamine groups is 1. The monoisotopic (exact) mass is 580 g/mol. The lowest BCUT2D eigenvalue weighted by molar-refractivity contribution is -0.650. The van der Waals surface area contributed by atoms with Crippen molar-refractivity contribution in [1.29, 1.82) is 0 Å². The predicted molar refractivity (Wildman–Crippen MR) is 143 cm³/mol. The SMILES string of the molecule is COCCN[n+]1ccc(SCC2=C(C(=O)ONC(=O)/C(=N\OC)c3csc(N)n3)N3C(=O)C[C@@H]3SC2)cc1. The van der Waals surface area contributed by atoms with Gasteiger partial charge in [0.2, 0.25) is 18.3 Å². The first-order valence-corrected chi connectivity index (χ1v) is 14.2. The molecular weight excluding hydrogens is 554 g/mol. The average molecular weight is 581 g/mol. The molecule has 0 aliphatic carbocycles. The number of fused-ring (bicyclic) bond motifs is 1. The van der Waals surface area contributed by atoms with Crippen molar-refractivity contribution >= 4 is 63.5 Å². The van der Waals surface area contributed by atoms with Crippen molar-refractivity contribution in [2.45, 2.75) is 16.7 Å². The minimum absolute atomic E-state index is 0.132. The standard InChI is InChI=1S/C22H25N7O6S3/c1-33-8-5-24-28-6-3-14(4-7-28)36-10-13-11-37-17-9-16(30)29(17)19(13)21(32)35-27-20(31)18(26-34-2)15-12-38-22(23)25-15/h3-4,6-7,12,17,24H,5,8-11H2,1-2H3,(H2-,23,25,27,31)/p+1/b26-18-/t17-/m0/s1. The Morgan fingerprint density at radius 1 is 1.34 bits per heavy atom. The van der Waals surface area contributed by atoms with Crippen molar-refractivity contribution in [3.8, 4) is 0 Å². The van der Waals surface area contributed by atoms with E-state index in [1.807, 2.05) is 29.2 Å². The number of carbonyl (C=O) groups is 3. The molecule has 0 radical (unpaired) electrons. The Hall–Kier alpha value is -3.34. The van der Waals surface area contributed by atoms with E-state index in [2.05, 4.69) is 21.0 Å². The van der Waals surface area contributed by atoms with Crippen LogP contribution in [0.4, 0.5) is 5.13 Å². The van der Waals surface area contributed by atoms with Crippen LogP contribution < -0.4 is 21.3 Å². The number of anilines is 1. The Labute approximate surface area is 230 Å². The molecule has 1 fully saturated rings. The van der Waals surface area contributed by atoms with Gasteiger partial charge in [0, 0.05) is 41.0 Å². The Morgan fingerprint density at radius 2 is 2.13 bits per heavy atom. The predicted octanol–water partition coefficient (Wildman–Crippen LogP) is 0.479. The van der Waals surface area contributed by atoms with Crippen molar-refractivity contribution in [1.82, 2.24) is 15.4 Å². The van der Waals surface area contributed by atoms with Gasteiger partial charge in [0.1, 0.15) is 18.5 Å². The molecule has 0 unspecified atom stereocenters. The van der Waals surface area contributed by atoms with Crippen LogP contribution in [0.25, 0.3) is 0 Å². The molecule has 2 aliphatic heterocycles. The van der Waals surface area contributed by atoms with Crippen LogP contribution in [0.1, 0.15) is 12.1 Å². The summed E-state index contributed by atoms with van der Waals surface area (Å²) in [6.45, 7) is 1.26. The van der Waals surface area contributed by atoms with Gasteiger partial charge in [0.25, 0.3) is 0 Å². The molecule has 4 N–H and O–H groups in total. The van der Waals surface area contributed by atoms with Crippen molar-refractivity contribution in [2.24, 2.45) is 5.16 Å². The van der Waals surface area contributed by atoms with E-state index >= 15 is 0 Å². The second-order valence-electron chi connectivity index (χ2n) is 7.83. The number of nitrogens with zero attached hydrogens (tertiary/aromatic N) is 4. The lowest BCUT2D eigenvalue weighted by atomic mass is 10.1. The molecule has 38 heavy (non-hydrogen) atoms. The molecule has 4 heterocycles. The number of thiazole rings is 1. The number of hydrogen-bond donors (Lipinski definition) is 3. The zero-order valence-electron chi connectivity index (χ0n) is 20.5. The first-order valence-electron chi connectivity index (χ1n) is 11.3. The molecule has 0 bridgehead atoms. The summed E-state index contributed by atoms with van der Waals surface area (Å²) < 4.78 is 6.86. The van der Waals surface area contributed by atoms with Gasteiger partial charge in [0.15, 0.2) is 10.8 Å². The van der Waals surface area contributed by atoms with Gasteiger partial charge in [0.05, 0.1) is 24.9 Å². The first kappa shape index (κ1) is 27.7. The minimum atomic E-state index is -0.851. The molecule has 1 saturated heterocycles. The number of aromatic nitrogens is 2. The molecule has 0 spiro atoms. The Kier molecular flexibility index (Phi) is 9.43. The van der Waals surface area contributed by atoms with E-state index in [4.69, 9.17) is 20.1 Å². The highest BCUT2D eigenvalue weighted by molar-refractivity contribution is 8.01. The normalized spacial score (nSPS) is 17.0. The second kappa shape index (κ2) is 12.9. The zero-order chi connectivity index (χ0) is 27.1. The lowest BCUT2D eigenvalue weighted by Crippen LogP contribution is -2.54. The maximum atomic E-state index is 13.1. The summed E-state index contributed by atoms with van der Waals surface area (Å²) >= 11 is 4.23. The van der Waals surface area contributed by atoms with Crippen LogP contribution in [0, 0.1) is 0 Å². The fourth-order valence-electron chi connectivity index (χ4n) is 3.52. The summed E-state index contributed by atoms with van der Waals surface area (Å²) in [5.41, 5.74) is 11.7. The third-order valence-corrected chi connectivity index (χ3v) is 8.39. The van der Waals surface area contributed by atoms with E-state index in [1.54, 1.807) is 18.9 Å². The third-order valence-electron chi connectivity index (χ3n) is 5.34. The van der Waals surface area contributed by atoms with E-state index in [0.29, 0.717) is 31.1 Å². The topological polar surface area (TPSA) is 161 Å². The van der Waals surface area contributed by atoms with E-state index < -0.39 is 11.9 Å². The molecule has 1 atom stereocenters. The van der Waals surface area contributed by atoms with Crippen molar-refractivity contribution in [3.05, 3.63) is 46.9 Å². The molecule has 2 aromatic rings. The summed E-state index contributed by atoms with van der Waals surface area (Å²) in [7, 11) is 2.91. The second-order valence-corrected chi connectivity index (χ2v) is 10.9. The Morgan fingerprint density at radius 3 is 2.79 bits per heavy atom. The van der Waals surface area contributed by atoms with Gasteiger partial charge in [-0.3, -0.25) is 14.5 Å². The molecule has 2 amide bonds.